The van der Waals surface area contributed by atoms with Crippen molar-refractivity contribution < 1.29 is 4.79 Å². The van der Waals surface area contributed by atoms with Gasteiger partial charge in [-0.25, -0.2) is 4.98 Å². The lowest BCUT2D eigenvalue weighted by Crippen LogP contribution is -1.93. The van der Waals surface area contributed by atoms with Gasteiger partial charge in [0.15, 0.2) is 11.6 Å². The molecular weight excluding hydrogens is 232 g/mol. The minimum absolute atomic E-state index is 0.0468. The Hall–Kier alpha value is -1.55. The zero-order chi connectivity index (χ0) is 12.3. The standard InChI is InChI=1S/C13H14N2OS/c1-3-17-11-6-4-10(5-7-11)12-8-14-13(15-12)9(2)16/h4-8H,3H2,1-2H3,(H,14,15). The summed E-state index contributed by atoms with van der Waals surface area (Å²) in [7, 11) is 0. The normalized spacial score (nSPS) is 10.5. The largest absolute Gasteiger partial charge is 0.336 e. The average Bonchev–Trinajstić information content (AvgIpc) is 2.80. The molecule has 0 aliphatic rings. The highest BCUT2D eigenvalue weighted by Gasteiger charge is 2.06. The summed E-state index contributed by atoms with van der Waals surface area (Å²) >= 11 is 1.81. The van der Waals surface area contributed by atoms with E-state index in [0.29, 0.717) is 5.82 Å². The van der Waals surface area contributed by atoms with Crippen LogP contribution in [0.5, 0.6) is 0 Å². The zero-order valence-corrected chi connectivity index (χ0v) is 10.7. The zero-order valence-electron chi connectivity index (χ0n) is 9.86. The average molecular weight is 246 g/mol. The first kappa shape index (κ1) is 11.9. The summed E-state index contributed by atoms with van der Waals surface area (Å²) in [5.41, 5.74) is 1.92. The molecule has 0 radical (unpaired) electrons. The molecule has 1 aromatic heterocycles. The number of aromatic nitrogens is 2. The van der Waals surface area contributed by atoms with Crippen molar-refractivity contribution in [3.05, 3.63) is 36.3 Å². The molecule has 0 fully saturated rings. The van der Waals surface area contributed by atoms with Gasteiger partial charge in [-0.05, 0) is 23.4 Å². The van der Waals surface area contributed by atoms with Crippen LogP contribution in [0.15, 0.2) is 35.4 Å². The van der Waals surface area contributed by atoms with Crippen molar-refractivity contribution in [3.8, 4) is 11.3 Å². The van der Waals surface area contributed by atoms with E-state index in [2.05, 4.69) is 29.0 Å². The van der Waals surface area contributed by atoms with Crippen LogP contribution >= 0.6 is 11.8 Å². The van der Waals surface area contributed by atoms with Crippen LogP contribution in [0.2, 0.25) is 0 Å². The third-order valence-corrected chi connectivity index (χ3v) is 3.28. The van der Waals surface area contributed by atoms with E-state index >= 15 is 0 Å². The second-order valence-electron chi connectivity index (χ2n) is 3.66. The molecule has 4 heteroatoms. The number of rotatable bonds is 4. The summed E-state index contributed by atoms with van der Waals surface area (Å²) in [6.07, 6.45) is 1.69. The summed E-state index contributed by atoms with van der Waals surface area (Å²) < 4.78 is 0. The van der Waals surface area contributed by atoms with Gasteiger partial charge in [0.25, 0.3) is 0 Å². The van der Waals surface area contributed by atoms with Crippen molar-refractivity contribution in [2.45, 2.75) is 18.7 Å². The van der Waals surface area contributed by atoms with E-state index in [1.165, 1.54) is 11.8 Å². The van der Waals surface area contributed by atoms with Gasteiger partial charge in [0.2, 0.25) is 0 Å². The third kappa shape index (κ3) is 2.77. The molecule has 88 valence electrons. The molecule has 0 unspecified atom stereocenters. The Labute approximate surface area is 105 Å². The van der Waals surface area contributed by atoms with E-state index in [4.69, 9.17) is 0 Å². The number of nitrogens with one attached hydrogen (secondary N) is 1. The van der Waals surface area contributed by atoms with Crippen LogP contribution in [-0.4, -0.2) is 21.5 Å². The van der Waals surface area contributed by atoms with Crippen LogP contribution in [0.25, 0.3) is 11.3 Å². The number of nitrogens with zero attached hydrogens (tertiary/aromatic N) is 1. The highest BCUT2D eigenvalue weighted by Crippen LogP contribution is 2.22. The number of carbonyl (C=O) groups excluding carboxylic acids is 1. The molecule has 0 saturated heterocycles. The topological polar surface area (TPSA) is 45.8 Å². The van der Waals surface area contributed by atoms with Gasteiger partial charge < -0.3 is 4.98 Å². The number of imidazole rings is 1. The highest BCUT2D eigenvalue weighted by atomic mass is 32.2. The molecule has 2 rings (SSSR count). The smallest absolute Gasteiger partial charge is 0.194 e. The first-order valence-corrected chi connectivity index (χ1v) is 6.48. The van der Waals surface area contributed by atoms with Crippen LogP contribution < -0.4 is 0 Å². The number of H-pyrrole nitrogens is 1. The maximum Gasteiger partial charge on any atom is 0.194 e. The molecule has 0 spiro atoms. The van der Waals surface area contributed by atoms with Gasteiger partial charge >= 0.3 is 0 Å². The van der Waals surface area contributed by atoms with Crippen molar-refractivity contribution in [2.24, 2.45) is 0 Å². The van der Waals surface area contributed by atoms with E-state index in [9.17, 15) is 4.79 Å². The molecule has 0 aliphatic heterocycles. The van der Waals surface area contributed by atoms with E-state index in [0.717, 1.165) is 17.0 Å². The molecule has 0 bridgehead atoms. The van der Waals surface area contributed by atoms with Crippen LogP contribution in [0.1, 0.15) is 24.5 Å². The Kier molecular flexibility index (Phi) is 3.64. The van der Waals surface area contributed by atoms with Crippen molar-refractivity contribution >= 4 is 17.5 Å². The fourth-order valence-electron chi connectivity index (χ4n) is 1.54. The van der Waals surface area contributed by atoms with Gasteiger partial charge in [-0.2, -0.15) is 0 Å². The molecule has 0 atom stereocenters. The molecule has 1 heterocycles. The minimum Gasteiger partial charge on any atom is -0.336 e. The maximum absolute atomic E-state index is 11.1. The Bertz CT molecular complexity index is 516. The Morgan fingerprint density at radius 3 is 2.59 bits per heavy atom. The molecular formula is C13H14N2OS. The van der Waals surface area contributed by atoms with Gasteiger partial charge in [-0.15, -0.1) is 11.8 Å². The minimum atomic E-state index is -0.0468. The number of Topliss-reactive ketones (excluding diaryl/α,β-unsaturated/α-hetero) is 1. The predicted molar refractivity (Wildman–Crippen MR) is 70.4 cm³/mol. The van der Waals surface area contributed by atoms with Crippen LogP contribution in [0.4, 0.5) is 0 Å². The summed E-state index contributed by atoms with van der Waals surface area (Å²) in [5, 5.41) is 0. The first-order chi connectivity index (χ1) is 8.20. The van der Waals surface area contributed by atoms with Gasteiger partial charge in [0, 0.05) is 11.8 Å². The number of thioether (sulfide) groups is 1. The van der Waals surface area contributed by atoms with Crippen molar-refractivity contribution in [2.75, 3.05) is 5.75 Å². The second kappa shape index (κ2) is 5.19. The number of benzene rings is 1. The summed E-state index contributed by atoms with van der Waals surface area (Å²) in [6, 6.07) is 8.24. The van der Waals surface area contributed by atoms with Crippen LogP contribution in [-0.2, 0) is 0 Å². The van der Waals surface area contributed by atoms with Crippen LogP contribution in [0.3, 0.4) is 0 Å². The highest BCUT2D eigenvalue weighted by molar-refractivity contribution is 7.99. The van der Waals surface area contributed by atoms with Gasteiger partial charge in [-0.1, -0.05) is 19.1 Å². The number of carbonyl (C=O) groups is 1. The van der Waals surface area contributed by atoms with Gasteiger partial charge in [0.05, 0.1) is 11.9 Å². The Balaban J connectivity index is 2.23. The number of ketones is 1. The Morgan fingerprint density at radius 1 is 1.35 bits per heavy atom. The predicted octanol–water partition coefficient (Wildman–Crippen LogP) is 3.39. The lowest BCUT2D eigenvalue weighted by molar-refractivity contribution is 0.100. The molecule has 0 aliphatic carbocycles. The lowest BCUT2D eigenvalue weighted by atomic mass is 10.2. The third-order valence-electron chi connectivity index (χ3n) is 2.39. The molecule has 2 aromatic rings. The number of hydrogen-bond acceptors (Lipinski definition) is 3. The van der Waals surface area contributed by atoms with Crippen molar-refractivity contribution in [1.82, 2.24) is 9.97 Å². The molecule has 3 nitrogen and oxygen atoms in total. The van der Waals surface area contributed by atoms with Gasteiger partial charge in [0.1, 0.15) is 0 Å². The molecule has 1 N–H and O–H groups in total. The van der Waals surface area contributed by atoms with Crippen molar-refractivity contribution in [3.63, 3.8) is 0 Å². The van der Waals surface area contributed by atoms with Crippen LogP contribution in [0, 0.1) is 0 Å². The quantitative estimate of drug-likeness (QED) is 0.664. The summed E-state index contributed by atoms with van der Waals surface area (Å²) in [5.74, 6) is 1.43. The fourth-order valence-corrected chi connectivity index (χ4v) is 2.21. The molecule has 0 amide bonds. The summed E-state index contributed by atoms with van der Waals surface area (Å²) in [4.78, 5) is 19.4. The second-order valence-corrected chi connectivity index (χ2v) is 5.00. The summed E-state index contributed by atoms with van der Waals surface area (Å²) in [6.45, 7) is 3.64. The molecule has 1 aromatic carbocycles. The number of aromatic amines is 1. The molecule has 17 heavy (non-hydrogen) atoms. The monoisotopic (exact) mass is 246 g/mol. The van der Waals surface area contributed by atoms with E-state index in [1.54, 1.807) is 6.20 Å². The van der Waals surface area contributed by atoms with Crippen molar-refractivity contribution in [1.29, 1.82) is 0 Å². The Morgan fingerprint density at radius 2 is 2.06 bits per heavy atom. The first-order valence-electron chi connectivity index (χ1n) is 5.50. The lowest BCUT2D eigenvalue weighted by Gasteiger charge is -2.00. The maximum atomic E-state index is 11.1. The van der Waals surface area contributed by atoms with E-state index in [1.807, 2.05) is 23.9 Å². The van der Waals surface area contributed by atoms with Gasteiger partial charge in [-0.3, -0.25) is 4.79 Å². The molecule has 0 saturated carbocycles. The SMILES string of the molecule is CCSc1ccc(-c2cnc(C(C)=O)[nH]2)cc1. The number of hydrogen-bond donors (Lipinski definition) is 1. The van der Waals surface area contributed by atoms with E-state index in [-0.39, 0.29) is 5.78 Å². The fraction of sp³-hybridized carbons (Fsp3) is 0.231. The van der Waals surface area contributed by atoms with E-state index < -0.39 is 0 Å².